The molecule has 1 fully saturated rings. The van der Waals surface area contributed by atoms with E-state index < -0.39 is 0 Å². The number of amides is 2. The predicted molar refractivity (Wildman–Crippen MR) is 95.8 cm³/mol. The molecule has 2 aromatic rings. The molecular weight excluding hydrogens is 318 g/mol. The zero-order valence-corrected chi connectivity index (χ0v) is 13.9. The van der Waals surface area contributed by atoms with Crippen LogP contribution < -0.4 is 15.5 Å². The second kappa shape index (κ2) is 7.61. The molecule has 0 saturated heterocycles. The number of nitrogens with one attached hydrogen (secondary N) is 2. The normalized spacial score (nSPS) is 13.5. The molecule has 0 bridgehead atoms. The fraction of sp³-hybridized carbons (Fsp3) is 0.211. The molecule has 0 radical (unpaired) electrons. The molecule has 2 amide bonds. The average molecular weight is 337 g/mol. The van der Waals surface area contributed by atoms with Crippen molar-refractivity contribution in [2.24, 2.45) is 11.0 Å². The van der Waals surface area contributed by atoms with Crippen LogP contribution in [-0.2, 0) is 4.79 Å². The standard InChI is InChI=1S/C19H19N3O3/c1-25-17-4-2-3-13(11-17)12-20-22-19(24)15-7-9-16(10-8-15)21-18(23)14-5-6-14/h2-4,7-12,14H,5-6H2,1H3,(H,21,23)(H,22,24)/b20-12+. The lowest BCUT2D eigenvalue weighted by atomic mass is 10.2. The minimum atomic E-state index is -0.320. The maximum absolute atomic E-state index is 12.1. The van der Waals surface area contributed by atoms with E-state index in [1.54, 1.807) is 37.6 Å². The van der Waals surface area contributed by atoms with Crippen molar-refractivity contribution < 1.29 is 14.3 Å². The van der Waals surface area contributed by atoms with Crippen LogP contribution in [0.25, 0.3) is 0 Å². The van der Waals surface area contributed by atoms with Gasteiger partial charge in [-0.2, -0.15) is 5.10 Å². The maximum Gasteiger partial charge on any atom is 0.271 e. The van der Waals surface area contributed by atoms with E-state index in [1.165, 1.54) is 0 Å². The molecule has 0 atom stereocenters. The highest BCUT2D eigenvalue weighted by Crippen LogP contribution is 2.30. The Morgan fingerprint density at radius 3 is 2.60 bits per heavy atom. The molecule has 6 nitrogen and oxygen atoms in total. The molecule has 2 aromatic carbocycles. The van der Waals surface area contributed by atoms with Crippen LogP contribution in [-0.4, -0.2) is 25.1 Å². The maximum atomic E-state index is 12.1. The minimum absolute atomic E-state index is 0.0418. The number of ether oxygens (including phenoxy) is 1. The first kappa shape index (κ1) is 16.7. The molecule has 3 rings (SSSR count). The van der Waals surface area contributed by atoms with Gasteiger partial charge in [0.05, 0.1) is 13.3 Å². The summed E-state index contributed by atoms with van der Waals surface area (Å²) in [5.74, 6) is 0.590. The fourth-order valence-electron chi connectivity index (χ4n) is 2.25. The van der Waals surface area contributed by atoms with Gasteiger partial charge in [0.1, 0.15) is 5.75 Å². The van der Waals surface area contributed by atoms with Crippen molar-refractivity contribution in [3.63, 3.8) is 0 Å². The van der Waals surface area contributed by atoms with E-state index in [0.29, 0.717) is 11.3 Å². The summed E-state index contributed by atoms with van der Waals surface area (Å²) in [5, 5.41) is 6.78. The van der Waals surface area contributed by atoms with Gasteiger partial charge in [-0.1, -0.05) is 12.1 Å². The van der Waals surface area contributed by atoms with Crippen LogP contribution in [0.4, 0.5) is 5.69 Å². The summed E-state index contributed by atoms with van der Waals surface area (Å²) >= 11 is 0. The van der Waals surface area contributed by atoms with Crippen molar-refractivity contribution in [1.29, 1.82) is 0 Å². The SMILES string of the molecule is COc1cccc(/C=N/NC(=O)c2ccc(NC(=O)C3CC3)cc2)c1. The highest BCUT2D eigenvalue weighted by Gasteiger charge is 2.29. The summed E-state index contributed by atoms with van der Waals surface area (Å²) in [6.45, 7) is 0. The second-order valence-corrected chi connectivity index (χ2v) is 5.82. The third-order valence-electron chi connectivity index (χ3n) is 3.84. The molecule has 6 heteroatoms. The largest absolute Gasteiger partial charge is 0.497 e. The summed E-state index contributed by atoms with van der Waals surface area (Å²) in [5.41, 5.74) is 4.45. The van der Waals surface area contributed by atoms with Gasteiger partial charge in [0.25, 0.3) is 5.91 Å². The van der Waals surface area contributed by atoms with Crippen LogP contribution in [0, 0.1) is 5.92 Å². The Hall–Kier alpha value is -3.15. The lowest BCUT2D eigenvalue weighted by molar-refractivity contribution is -0.117. The van der Waals surface area contributed by atoms with E-state index in [1.807, 2.05) is 24.3 Å². The number of anilines is 1. The van der Waals surface area contributed by atoms with E-state index in [9.17, 15) is 9.59 Å². The van der Waals surface area contributed by atoms with Gasteiger partial charge in [-0.25, -0.2) is 5.43 Å². The highest BCUT2D eigenvalue weighted by molar-refractivity contribution is 5.97. The van der Waals surface area contributed by atoms with Crippen LogP contribution in [0.3, 0.4) is 0 Å². The van der Waals surface area contributed by atoms with E-state index in [-0.39, 0.29) is 17.7 Å². The molecule has 0 spiro atoms. The second-order valence-electron chi connectivity index (χ2n) is 5.82. The van der Waals surface area contributed by atoms with Crippen molar-refractivity contribution in [2.45, 2.75) is 12.8 Å². The van der Waals surface area contributed by atoms with Crippen LogP contribution >= 0.6 is 0 Å². The molecular formula is C19H19N3O3. The van der Waals surface area contributed by atoms with Crippen LogP contribution in [0.1, 0.15) is 28.8 Å². The Balaban J connectivity index is 1.55. The predicted octanol–water partition coefficient (Wildman–Crippen LogP) is 2.81. The summed E-state index contributed by atoms with van der Waals surface area (Å²) in [6.07, 6.45) is 3.46. The Labute approximate surface area is 145 Å². The quantitative estimate of drug-likeness (QED) is 0.628. The Morgan fingerprint density at radius 2 is 1.92 bits per heavy atom. The highest BCUT2D eigenvalue weighted by atomic mass is 16.5. The molecule has 0 heterocycles. The van der Waals surface area contributed by atoms with Crippen LogP contribution in [0.15, 0.2) is 53.6 Å². The average Bonchev–Trinajstić information content (AvgIpc) is 3.47. The number of benzene rings is 2. The van der Waals surface area contributed by atoms with Gasteiger partial charge in [-0.15, -0.1) is 0 Å². The van der Waals surface area contributed by atoms with E-state index >= 15 is 0 Å². The molecule has 128 valence electrons. The van der Waals surface area contributed by atoms with Gasteiger partial charge in [-0.3, -0.25) is 9.59 Å². The number of carbonyl (C=O) groups is 2. The van der Waals surface area contributed by atoms with Gasteiger partial charge in [0.2, 0.25) is 5.91 Å². The third-order valence-corrected chi connectivity index (χ3v) is 3.84. The number of methoxy groups -OCH3 is 1. The topological polar surface area (TPSA) is 79.8 Å². The summed E-state index contributed by atoms with van der Waals surface area (Å²) < 4.78 is 5.13. The molecule has 2 N–H and O–H groups in total. The van der Waals surface area contributed by atoms with Crippen LogP contribution in [0.5, 0.6) is 5.75 Å². The molecule has 0 unspecified atom stereocenters. The van der Waals surface area contributed by atoms with Crippen LogP contribution in [0.2, 0.25) is 0 Å². The fourth-order valence-corrected chi connectivity index (χ4v) is 2.25. The first-order chi connectivity index (χ1) is 12.2. The summed E-state index contributed by atoms with van der Waals surface area (Å²) in [6, 6.07) is 14.1. The number of carbonyl (C=O) groups excluding carboxylic acids is 2. The van der Waals surface area contributed by atoms with Gasteiger partial charge in [0, 0.05) is 17.2 Å². The van der Waals surface area contributed by atoms with E-state index in [0.717, 1.165) is 24.2 Å². The number of hydrogen-bond acceptors (Lipinski definition) is 4. The Morgan fingerprint density at radius 1 is 1.16 bits per heavy atom. The first-order valence-corrected chi connectivity index (χ1v) is 8.04. The first-order valence-electron chi connectivity index (χ1n) is 8.04. The molecule has 25 heavy (non-hydrogen) atoms. The van der Waals surface area contributed by atoms with E-state index in [4.69, 9.17) is 4.74 Å². The monoisotopic (exact) mass is 337 g/mol. The number of hydrazone groups is 1. The van der Waals surface area contributed by atoms with Crippen molar-refractivity contribution in [3.8, 4) is 5.75 Å². The lowest BCUT2D eigenvalue weighted by Gasteiger charge is -2.05. The van der Waals surface area contributed by atoms with Gasteiger partial charge in [0.15, 0.2) is 0 Å². The number of rotatable bonds is 6. The Kier molecular flexibility index (Phi) is 5.09. The van der Waals surface area contributed by atoms with Crippen molar-refractivity contribution in [1.82, 2.24) is 5.43 Å². The smallest absolute Gasteiger partial charge is 0.271 e. The Bertz CT molecular complexity index is 796. The molecule has 1 aliphatic rings. The molecule has 1 aliphatic carbocycles. The lowest BCUT2D eigenvalue weighted by Crippen LogP contribution is -2.18. The molecule has 0 aromatic heterocycles. The van der Waals surface area contributed by atoms with Crippen molar-refractivity contribution >= 4 is 23.7 Å². The van der Waals surface area contributed by atoms with Crippen molar-refractivity contribution in [2.75, 3.05) is 12.4 Å². The minimum Gasteiger partial charge on any atom is -0.497 e. The third kappa shape index (κ3) is 4.67. The number of hydrogen-bond donors (Lipinski definition) is 2. The van der Waals surface area contributed by atoms with E-state index in [2.05, 4.69) is 15.8 Å². The summed E-state index contributed by atoms with van der Waals surface area (Å²) in [7, 11) is 1.59. The van der Waals surface area contributed by atoms with Gasteiger partial charge in [-0.05, 0) is 54.8 Å². The molecule has 1 saturated carbocycles. The van der Waals surface area contributed by atoms with Gasteiger partial charge >= 0.3 is 0 Å². The van der Waals surface area contributed by atoms with Crippen molar-refractivity contribution in [3.05, 3.63) is 59.7 Å². The zero-order chi connectivity index (χ0) is 17.6. The molecule has 0 aliphatic heterocycles. The summed E-state index contributed by atoms with van der Waals surface area (Å²) in [4.78, 5) is 23.8. The zero-order valence-electron chi connectivity index (χ0n) is 13.9. The van der Waals surface area contributed by atoms with Gasteiger partial charge < -0.3 is 10.1 Å². The number of nitrogens with zero attached hydrogens (tertiary/aromatic N) is 1.